The molecular weight excluding hydrogens is 2240 g/mol. The number of rotatable bonds is 11. The standard InChI is InChI=1S/C17H24FNO2.C17H24FNOS.C17H24N2O2.C10H21NO.C7H5FO2.2C3H7.C2H5.7HI.3V/c2*1-16(2)8-12(20)9-17(3,10-16)11-19-15(21)13-6-4-5-7-14(13)18;1-16(2)8-12(20)9-17(3,10-16)11-18-15-13-6-4-5-7-14(13)21-19-15;1-9(2)4-8(12)5-10(3,6-9)7-11;8-6-4-2-1-3-5(6)7(9)10;2*1-3-2;1-2;;;;;;;;;;/h2*4-7,12,20H,8-11H2,1-3H3,(H,19,21);4-7,12,20H,8-11H2,1-3H3,(H,18,19);8,12H,4-7,11H2,1-3H3;1-4H,(H,9,10);2*1,3H2,2H3;1H2,2H3;7*1H;;;/q;;;;;3*-1;;;;;;;;2*+2;+3/p-7. The Hall–Kier alpha value is 1.43. The van der Waals surface area contributed by atoms with Crippen molar-refractivity contribution >= 4 is 186 Å². The topological polar surface area (TPSA) is 223 Å². The second-order valence-corrected chi connectivity index (χ2v) is 90.2. The van der Waals surface area contributed by atoms with Gasteiger partial charge in [0.2, 0.25) is 0 Å². The number of carboxylic acids is 1. The molecule has 8 atom stereocenters. The fraction of sp³-hybridized carbons (Fsp3) is 0.592. The van der Waals surface area contributed by atoms with Crippen LogP contribution in [0.1, 0.15) is 220 Å². The monoisotopic (exact) mass is 2360 g/mol. The molecule has 4 aromatic carbocycles. The molecule has 8 unspecified atom stereocenters. The number of thiocarbonyl (C=S) groups is 1. The molecule has 10 N–H and O–H groups in total. The zero-order valence-corrected chi connectivity index (χ0v) is 83.0. The van der Waals surface area contributed by atoms with Crippen LogP contribution < -0.4 is 21.7 Å². The first-order valence-corrected chi connectivity index (χ1v) is 66.2. The number of para-hydroxylation sites is 1. The number of fused-ring (bicyclic) bond motifs is 1. The zero-order chi connectivity index (χ0) is 79.8. The molecule has 27 heteroatoms. The second-order valence-electron chi connectivity index (χ2n) is 30.9. The molecule has 4 aliphatic carbocycles. The average Bonchev–Trinajstić information content (AvgIpc) is 0.888. The van der Waals surface area contributed by atoms with E-state index in [9.17, 15) is 43.2 Å². The van der Waals surface area contributed by atoms with E-state index in [0.717, 1.165) is 113 Å². The molecule has 13 nitrogen and oxygen atoms in total. The Labute approximate surface area is 718 Å². The number of carboxylic acid groups (broad SMARTS) is 1. The van der Waals surface area contributed by atoms with Gasteiger partial charge < -0.3 is 72.5 Å². The first kappa shape index (κ1) is 106. The summed E-state index contributed by atoms with van der Waals surface area (Å²) in [4.78, 5) is 22.4. The average molecular weight is 2360 g/mol. The van der Waals surface area contributed by atoms with E-state index >= 15 is 0 Å². The van der Waals surface area contributed by atoms with Gasteiger partial charge in [0, 0.05) is 25.2 Å². The molecule has 588 valence electrons. The number of anilines is 1. The van der Waals surface area contributed by atoms with Gasteiger partial charge in [-0.1, -0.05) is 163 Å². The van der Waals surface area contributed by atoms with Crippen LogP contribution in [0, 0.1) is 81.5 Å². The first-order valence-electron chi connectivity index (χ1n) is 34.2. The van der Waals surface area contributed by atoms with Gasteiger partial charge >= 0.3 is 170 Å². The van der Waals surface area contributed by atoms with Crippen molar-refractivity contribution in [1.82, 2.24) is 15.8 Å². The summed E-state index contributed by atoms with van der Waals surface area (Å²) in [6.45, 7) is 44.8. The molecule has 5 aromatic rings. The van der Waals surface area contributed by atoms with Gasteiger partial charge in [0.1, 0.15) is 22.4 Å². The molecule has 1 amide bonds. The van der Waals surface area contributed by atoms with Gasteiger partial charge in [0.05, 0.1) is 40.9 Å². The van der Waals surface area contributed by atoms with Crippen LogP contribution in [0.5, 0.6) is 0 Å². The number of nitrogens with one attached hydrogen (secondary N) is 3. The Morgan fingerprint density at radius 2 is 0.835 bits per heavy atom. The van der Waals surface area contributed by atoms with Crippen molar-refractivity contribution in [3.05, 3.63) is 152 Å². The minimum atomic E-state index is -1.24. The number of carbonyl (C=O) groups excluding carboxylic acids is 1. The molecule has 1 aromatic heterocycles. The molecule has 103 heavy (non-hydrogen) atoms. The maximum atomic E-state index is 13.7. The number of nitrogens with two attached hydrogens (primary N) is 1. The van der Waals surface area contributed by atoms with Gasteiger partial charge in [-0.25, -0.2) is 18.0 Å². The molecule has 0 spiro atoms. The van der Waals surface area contributed by atoms with Gasteiger partial charge in [-0.05, 0) is 175 Å². The van der Waals surface area contributed by atoms with Gasteiger partial charge in [-0.2, -0.15) is 19.8 Å². The summed E-state index contributed by atoms with van der Waals surface area (Å²) < 4.78 is 45.1. The van der Waals surface area contributed by atoms with Crippen molar-refractivity contribution in [2.75, 3.05) is 31.5 Å². The van der Waals surface area contributed by atoms with Crippen LogP contribution in [0.15, 0.2) is 102 Å². The van der Waals surface area contributed by atoms with E-state index in [1.54, 1.807) is 37.3 Å². The van der Waals surface area contributed by atoms with Gasteiger partial charge in [0.15, 0.2) is 11.4 Å². The predicted molar refractivity (Wildman–Crippen MR) is 477 cm³/mol. The third-order valence-corrected chi connectivity index (χ3v) is 17.3. The molecule has 4 fully saturated rings. The predicted octanol–water partition coefficient (Wildman–Crippen LogP) is 23.2. The number of aromatic nitrogens is 1. The molecule has 9 rings (SSSR count). The number of hydrogen-bond acceptors (Lipinski definition) is 11. The fourth-order valence-electron chi connectivity index (χ4n) is 14.9. The van der Waals surface area contributed by atoms with Crippen LogP contribution >= 0.6 is 152 Å². The number of halogens is 10. The van der Waals surface area contributed by atoms with Crippen LogP contribution in [0.3, 0.4) is 0 Å². The molecule has 0 bridgehead atoms. The van der Waals surface area contributed by atoms with Gasteiger partial charge in [-0.15, -0.1) is 0 Å². The molecule has 0 radical (unpaired) electrons. The van der Waals surface area contributed by atoms with E-state index in [1.807, 2.05) is 38.1 Å². The van der Waals surface area contributed by atoms with Crippen molar-refractivity contribution in [2.45, 2.75) is 218 Å². The third-order valence-electron chi connectivity index (χ3n) is 16.9. The van der Waals surface area contributed by atoms with E-state index in [4.69, 9.17) is 27.6 Å². The Balaban J connectivity index is 0. The summed E-state index contributed by atoms with van der Waals surface area (Å²) >= 11 is 22.2. The summed E-state index contributed by atoms with van der Waals surface area (Å²) in [5, 5.41) is 62.8. The van der Waals surface area contributed by atoms with E-state index in [-0.39, 0.29) is 89.6 Å². The van der Waals surface area contributed by atoms with Crippen LogP contribution in [0.2, 0.25) is 0 Å². The molecule has 4 aliphatic rings. The van der Waals surface area contributed by atoms with Crippen LogP contribution in [0.4, 0.5) is 19.0 Å². The molecule has 0 aliphatic heterocycles. The Kier molecular flexibility index (Phi) is 56.1. The second kappa shape index (κ2) is 54.3. The number of hydrogen-bond donors (Lipinski definition) is 9. The molecule has 4 saturated carbocycles. The van der Waals surface area contributed by atoms with Crippen LogP contribution in [-0.2, 0) is 23.9 Å². The summed E-state index contributed by atoms with van der Waals surface area (Å²) in [6, 6.07) is 25.6. The number of benzene rings is 4. The number of aliphatic hydroxyl groups excluding tert-OH is 4. The quantitative estimate of drug-likeness (QED) is 0.0341. The summed E-state index contributed by atoms with van der Waals surface area (Å²) in [5.74, 6) is -2.35. The van der Waals surface area contributed by atoms with Crippen molar-refractivity contribution in [1.29, 1.82) is 0 Å². The normalized spacial score (nSPS) is 24.1. The van der Waals surface area contributed by atoms with Crippen molar-refractivity contribution in [3.63, 3.8) is 0 Å². The molecule has 0 saturated heterocycles. The number of nitrogens with zero attached hydrogens (tertiary/aromatic N) is 1. The van der Waals surface area contributed by atoms with Crippen LogP contribution in [0.25, 0.3) is 11.0 Å². The SMILES string of the molecule is CC1(C)CC(O)CC(C)(CN)C1.CC1(C)CC(O)CC(C)(CNC(=O)c2ccccc2F)C1.CC1(C)CC(O)CC(C)(CNC(=S)c2ccccc2F)C1.CC1(C)CC(O)CC(C)(CNc2noc3ccccc23)C1.O=C(O)c1ccccc1F.[CH2-]C.[CH2-]CC.[CH2-]CC.[I][V]([I])[I].[I][V][I].[I][V][I]. The van der Waals surface area contributed by atoms with Crippen molar-refractivity contribution in [2.24, 2.45) is 49.1 Å². The van der Waals surface area contributed by atoms with Gasteiger partial charge in [0.25, 0.3) is 5.91 Å². The fourth-order valence-corrected chi connectivity index (χ4v) is 15.1. The Morgan fingerprint density at radius 1 is 0.544 bits per heavy atom. The van der Waals surface area contributed by atoms with E-state index in [1.165, 1.54) is 36.4 Å². The molecule has 1 heterocycles. The Bertz CT molecular complexity index is 3090. The van der Waals surface area contributed by atoms with Crippen LogP contribution in [-0.4, -0.2) is 98.1 Å². The number of aromatic carboxylic acids is 1. The van der Waals surface area contributed by atoms with E-state index in [2.05, 4.69) is 265 Å². The number of carbonyl (C=O) groups is 2. The van der Waals surface area contributed by atoms with Crippen molar-refractivity contribution < 1.29 is 76.7 Å². The summed E-state index contributed by atoms with van der Waals surface area (Å²) in [7, 11) is 1.25. The van der Waals surface area contributed by atoms with Gasteiger partial charge in [-0.3, -0.25) is 4.79 Å². The molecular formula is C76H117F3I7N5O8SV3-3. The first-order chi connectivity index (χ1) is 47.8. The minimum absolute atomic E-state index is 0.0313. The zero-order valence-electron chi connectivity index (χ0n) is 62.9. The van der Waals surface area contributed by atoms with Crippen molar-refractivity contribution in [3.8, 4) is 0 Å². The third kappa shape index (κ3) is 46.4. The number of amides is 1. The summed E-state index contributed by atoms with van der Waals surface area (Å²) in [5.41, 5.74) is 7.36. The maximum absolute atomic E-state index is 13.7. The van der Waals surface area contributed by atoms with E-state index < -0.39 is 23.5 Å². The Morgan fingerprint density at radius 3 is 1.17 bits per heavy atom. The number of aliphatic hydroxyl groups is 4. The summed E-state index contributed by atoms with van der Waals surface area (Å²) in [6.07, 6.45) is 11.7. The van der Waals surface area contributed by atoms with E-state index in [0.29, 0.717) is 55.5 Å².